The predicted molar refractivity (Wildman–Crippen MR) is 112 cm³/mol. The summed E-state index contributed by atoms with van der Waals surface area (Å²) in [6.45, 7) is 8.17. The molecule has 0 aromatic heterocycles. The first-order valence-corrected chi connectivity index (χ1v) is 11.2. The van der Waals surface area contributed by atoms with Crippen molar-refractivity contribution >= 4 is 11.9 Å². The van der Waals surface area contributed by atoms with Gasteiger partial charge in [0.25, 0.3) is 0 Å². The second-order valence-corrected chi connectivity index (χ2v) is 8.51. The molecule has 3 rings (SSSR count). The molecule has 1 spiro atoms. The Morgan fingerprint density at radius 1 is 1.18 bits per heavy atom. The van der Waals surface area contributed by atoms with Crippen LogP contribution in [0.25, 0.3) is 0 Å². The fourth-order valence-electron chi connectivity index (χ4n) is 5.26. The number of carbonyl (C=O) groups excluding carboxylic acids is 1. The molecule has 2 atom stereocenters. The molecule has 28 heavy (non-hydrogen) atoms. The number of amides is 1. The normalized spacial score (nSPS) is 28.2. The Balaban J connectivity index is 1.51. The zero-order chi connectivity index (χ0) is 20.0. The number of rotatable bonds is 7. The third-order valence-corrected chi connectivity index (χ3v) is 6.89. The number of likely N-dealkylation sites (tertiary alicyclic amines) is 1. The van der Waals surface area contributed by atoms with Gasteiger partial charge in [0, 0.05) is 50.8 Å². The number of hydrogen-bond acceptors (Lipinski definition) is 4. The first-order chi connectivity index (χ1) is 13.6. The molecule has 2 unspecified atom stereocenters. The van der Waals surface area contributed by atoms with Gasteiger partial charge in [0.15, 0.2) is 5.96 Å². The fourth-order valence-corrected chi connectivity index (χ4v) is 5.26. The number of likely N-dealkylation sites (N-methyl/N-ethyl adjacent to an activating group) is 1. The van der Waals surface area contributed by atoms with E-state index >= 15 is 0 Å². The lowest BCUT2D eigenvalue weighted by atomic mass is 9.60. The Bertz CT molecular complexity index is 539. The number of carbonyl (C=O) groups is 1. The van der Waals surface area contributed by atoms with Gasteiger partial charge in [-0.1, -0.05) is 12.8 Å². The number of ether oxygens (including phenoxy) is 1. The van der Waals surface area contributed by atoms with Crippen molar-refractivity contribution < 1.29 is 9.53 Å². The van der Waals surface area contributed by atoms with E-state index in [0.29, 0.717) is 30.1 Å². The van der Waals surface area contributed by atoms with Gasteiger partial charge in [0.1, 0.15) is 0 Å². The second-order valence-electron chi connectivity index (χ2n) is 8.51. The van der Waals surface area contributed by atoms with E-state index < -0.39 is 0 Å². The van der Waals surface area contributed by atoms with Crippen LogP contribution in [0, 0.1) is 5.41 Å². The molecule has 0 bridgehead atoms. The molecule has 3 fully saturated rings. The maximum absolute atomic E-state index is 11.6. The number of aliphatic imine (C=N–C) groups is 1. The summed E-state index contributed by atoms with van der Waals surface area (Å²) in [6, 6.07) is 0.888. The highest BCUT2D eigenvalue weighted by Gasteiger charge is 2.57. The van der Waals surface area contributed by atoms with Crippen LogP contribution in [0.3, 0.4) is 0 Å². The molecule has 0 radical (unpaired) electrons. The van der Waals surface area contributed by atoms with Crippen molar-refractivity contribution in [3.8, 4) is 0 Å². The first-order valence-electron chi connectivity index (χ1n) is 11.2. The van der Waals surface area contributed by atoms with Gasteiger partial charge < -0.3 is 20.7 Å². The molecule has 1 amide bonds. The van der Waals surface area contributed by atoms with Crippen molar-refractivity contribution in [2.24, 2.45) is 10.4 Å². The van der Waals surface area contributed by atoms with Gasteiger partial charge in [-0.2, -0.15) is 0 Å². The van der Waals surface area contributed by atoms with Crippen molar-refractivity contribution in [2.75, 3.05) is 39.8 Å². The summed E-state index contributed by atoms with van der Waals surface area (Å²) in [4.78, 5) is 18.5. The van der Waals surface area contributed by atoms with Crippen LogP contribution in [-0.4, -0.2) is 74.8 Å². The lowest BCUT2D eigenvalue weighted by Gasteiger charge is -2.54. The van der Waals surface area contributed by atoms with Gasteiger partial charge in [-0.3, -0.25) is 14.7 Å². The Morgan fingerprint density at radius 3 is 2.50 bits per heavy atom. The lowest BCUT2D eigenvalue weighted by molar-refractivity contribution is -0.125. The largest absolute Gasteiger partial charge is 0.378 e. The van der Waals surface area contributed by atoms with E-state index in [0.717, 1.165) is 51.5 Å². The molecule has 2 saturated carbocycles. The summed E-state index contributed by atoms with van der Waals surface area (Å²) in [5.41, 5.74) is 0.309. The van der Waals surface area contributed by atoms with Gasteiger partial charge >= 0.3 is 0 Å². The van der Waals surface area contributed by atoms with Crippen molar-refractivity contribution in [2.45, 2.75) is 77.0 Å². The lowest BCUT2D eigenvalue weighted by Crippen LogP contribution is -2.65. The van der Waals surface area contributed by atoms with E-state index in [1.807, 2.05) is 0 Å². The van der Waals surface area contributed by atoms with Crippen LogP contribution in [0.4, 0.5) is 0 Å². The quantitative estimate of drug-likeness (QED) is 0.451. The van der Waals surface area contributed by atoms with E-state index in [1.165, 1.54) is 25.7 Å². The highest BCUT2D eigenvalue weighted by molar-refractivity contribution is 5.80. The van der Waals surface area contributed by atoms with Crippen LogP contribution in [-0.2, 0) is 9.53 Å². The average molecular weight is 394 g/mol. The minimum absolute atomic E-state index is 0.0945. The molecule has 7 heteroatoms. The molecule has 3 N–H and O–H groups in total. The molecule has 1 aliphatic heterocycles. The molecular formula is C21H39N5O2. The molecule has 0 aromatic carbocycles. The van der Waals surface area contributed by atoms with Gasteiger partial charge in [0.2, 0.25) is 5.91 Å². The molecule has 7 nitrogen and oxygen atoms in total. The molecule has 3 aliphatic rings. The van der Waals surface area contributed by atoms with Crippen molar-refractivity contribution in [1.29, 1.82) is 0 Å². The average Bonchev–Trinajstić information content (AvgIpc) is 3.22. The molecule has 160 valence electrons. The fraction of sp³-hybridized carbons (Fsp3) is 0.905. The molecule has 1 saturated heterocycles. The Morgan fingerprint density at radius 2 is 1.89 bits per heavy atom. The van der Waals surface area contributed by atoms with Crippen LogP contribution < -0.4 is 16.0 Å². The SMILES string of the molecule is CCN=C(NC1CCN(CC(=O)NC)CC1)NC1CC(OCC)C12CCCC2. The van der Waals surface area contributed by atoms with Crippen LogP contribution in [0.15, 0.2) is 4.99 Å². The number of piperidine rings is 1. The van der Waals surface area contributed by atoms with E-state index in [9.17, 15) is 4.79 Å². The zero-order valence-corrected chi connectivity index (χ0v) is 17.9. The van der Waals surface area contributed by atoms with Crippen molar-refractivity contribution in [3.63, 3.8) is 0 Å². The Kier molecular flexibility index (Phi) is 7.57. The standard InChI is InChI=1S/C21H39N5O2/c1-4-23-20(24-16-8-12-26(13-9-16)15-19(27)22-3)25-17-14-18(28-5-2)21(17)10-6-7-11-21/h16-18H,4-15H2,1-3H3,(H,22,27)(H2,23,24,25). The van der Waals surface area contributed by atoms with Crippen LogP contribution >= 0.6 is 0 Å². The third-order valence-electron chi connectivity index (χ3n) is 6.89. The summed E-state index contributed by atoms with van der Waals surface area (Å²) in [5, 5.41) is 10.1. The number of hydrogen-bond donors (Lipinski definition) is 3. The smallest absolute Gasteiger partial charge is 0.233 e. The maximum atomic E-state index is 11.6. The topological polar surface area (TPSA) is 78.0 Å². The van der Waals surface area contributed by atoms with Gasteiger partial charge in [-0.15, -0.1) is 0 Å². The second kappa shape index (κ2) is 9.92. The van der Waals surface area contributed by atoms with Crippen LogP contribution in [0.2, 0.25) is 0 Å². The monoisotopic (exact) mass is 393 g/mol. The summed E-state index contributed by atoms with van der Waals surface area (Å²) in [7, 11) is 1.70. The molecule has 2 aliphatic carbocycles. The highest BCUT2D eigenvalue weighted by atomic mass is 16.5. The maximum Gasteiger partial charge on any atom is 0.233 e. The summed E-state index contributed by atoms with van der Waals surface area (Å²) < 4.78 is 6.05. The van der Waals surface area contributed by atoms with E-state index in [1.54, 1.807) is 7.05 Å². The van der Waals surface area contributed by atoms with Crippen molar-refractivity contribution in [3.05, 3.63) is 0 Å². The van der Waals surface area contributed by atoms with Gasteiger partial charge in [0.05, 0.1) is 12.6 Å². The minimum Gasteiger partial charge on any atom is -0.378 e. The Labute approximate surface area is 170 Å². The molecule has 1 heterocycles. The van der Waals surface area contributed by atoms with E-state index in [4.69, 9.17) is 9.73 Å². The first kappa shape index (κ1) is 21.4. The highest BCUT2D eigenvalue weighted by Crippen LogP contribution is 2.54. The number of nitrogens with zero attached hydrogens (tertiary/aromatic N) is 2. The summed E-state index contributed by atoms with van der Waals surface area (Å²) in [5.74, 6) is 1.05. The third kappa shape index (κ3) is 4.79. The summed E-state index contributed by atoms with van der Waals surface area (Å²) >= 11 is 0. The van der Waals surface area contributed by atoms with Crippen LogP contribution in [0.1, 0.15) is 58.8 Å². The minimum atomic E-state index is 0.0945. The predicted octanol–water partition coefficient (Wildman–Crippen LogP) is 1.49. The zero-order valence-electron chi connectivity index (χ0n) is 17.9. The molecule has 0 aromatic rings. The number of nitrogens with one attached hydrogen (secondary N) is 3. The van der Waals surface area contributed by atoms with E-state index in [2.05, 4.69) is 34.7 Å². The van der Waals surface area contributed by atoms with Gasteiger partial charge in [-0.25, -0.2) is 0 Å². The summed E-state index contributed by atoms with van der Waals surface area (Å²) in [6.07, 6.45) is 8.76. The Hall–Kier alpha value is -1.34. The van der Waals surface area contributed by atoms with E-state index in [-0.39, 0.29) is 5.91 Å². The van der Waals surface area contributed by atoms with Gasteiger partial charge in [-0.05, 0) is 46.0 Å². The molecular weight excluding hydrogens is 354 g/mol. The van der Waals surface area contributed by atoms with Crippen molar-refractivity contribution in [1.82, 2.24) is 20.9 Å². The van der Waals surface area contributed by atoms with Crippen LogP contribution in [0.5, 0.6) is 0 Å². The number of guanidine groups is 1.